The number of hydrogen-bond donors (Lipinski definition) is 3. The number of nitrogens with one attached hydrogen (secondary N) is 2. The first-order valence-corrected chi connectivity index (χ1v) is 7.01. The molecular formula is C16H17ClN2O2. The molecular weight excluding hydrogens is 288 g/mol. The fourth-order valence-electron chi connectivity index (χ4n) is 1.93. The standard InChI is InChI=1S/C16H17ClN2O2/c1-11-5-6-15(20)14(9-11)19-16(21)18-8-7-12-3-2-4-13(17)10-12/h2-6,9-10,20H,7-8H2,1H3,(H2,18,19,21). The summed E-state index contributed by atoms with van der Waals surface area (Å²) in [5.41, 5.74) is 2.42. The second-order valence-corrected chi connectivity index (χ2v) is 5.22. The lowest BCUT2D eigenvalue weighted by Crippen LogP contribution is -2.30. The monoisotopic (exact) mass is 304 g/mol. The number of hydrogen-bond acceptors (Lipinski definition) is 2. The molecule has 0 aliphatic carbocycles. The molecule has 0 atom stereocenters. The van der Waals surface area contributed by atoms with Gasteiger partial charge in [0.05, 0.1) is 5.69 Å². The van der Waals surface area contributed by atoms with Crippen LogP contribution in [0.1, 0.15) is 11.1 Å². The minimum absolute atomic E-state index is 0.0468. The quantitative estimate of drug-likeness (QED) is 0.754. The zero-order chi connectivity index (χ0) is 15.2. The van der Waals surface area contributed by atoms with E-state index in [1.54, 1.807) is 18.2 Å². The van der Waals surface area contributed by atoms with Crippen molar-refractivity contribution in [3.8, 4) is 5.75 Å². The summed E-state index contributed by atoms with van der Waals surface area (Å²) in [6, 6.07) is 12.2. The average Bonchev–Trinajstić information content (AvgIpc) is 2.43. The smallest absolute Gasteiger partial charge is 0.319 e. The number of benzene rings is 2. The van der Waals surface area contributed by atoms with Crippen LogP contribution in [0.4, 0.5) is 10.5 Å². The van der Waals surface area contributed by atoms with Gasteiger partial charge in [-0.15, -0.1) is 0 Å². The summed E-state index contributed by atoms with van der Waals surface area (Å²) in [7, 11) is 0. The van der Waals surface area contributed by atoms with E-state index in [9.17, 15) is 9.90 Å². The normalized spacial score (nSPS) is 10.2. The molecule has 0 radical (unpaired) electrons. The molecule has 0 aliphatic heterocycles. The van der Waals surface area contributed by atoms with Crippen LogP contribution in [0.25, 0.3) is 0 Å². The topological polar surface area (TPSA) is 61.4 Å². The van der Waals surface area contributed by atoms with E-state index in [0.717, 1.165) is 11.1 Å². The molecule has 3 N–H and O–H groups in total. The Kier molecular flexibility index (Phi) is 5.06. The highest BCUT2D eigenvalue weighted by atomic mass is 35.5. The highest BCUT2D eigenvalue weighted by molar-refractivity contribution is 6.30. The SMILES string of the molecule is Cc1ccc(O)c(NC(=O)NCCc2cccc(Cl)c2)c1. The summed E-state index contributed by atoms with van der Waals surface area (Å²) < 4.78 is 0. The third-order valence-electron chi connectivity index (χ3n) is 2.99. The fourth-order valence-corrected chi connectivity index (χ4v) is 2.14. The van der Waals surface area contributed by atoms with Gasteiger partial charge in [-0.1, -0.05) is 29.8 Å². The van der Waals surface area contributed by atoms with Crippen molar-refractivity contribution in [2.24, 2.45) is 0 Å². The number of aryl methyl sites for hydroxylation is 1. The third kappa shape index (κ3) is 4.68. The first kappa shape index (κ1) is 15.2. The number of phenols is 1. The van der Waals surface area contributed by atoms with Gasteiger partial charge in [-0.25, -0.2) is 4.79 Å². The van der Waals surface area contributed by atoms with Gasteiger partial charge in [-0.3, -0.25) is 0 Å². The van der Waals surface area contributed by atoms with Gasteiger partial charge in [0, 0.05) is 11.6 Å². The molecule has 2 aromatic rings. The lowest BCUT2D eigenvalue weighted by atomic mass is 10.1. The van der Waals surface area contributed by atoms with E-state index in [4.69, 9.17) is 11.6 Å². The summed E-state index contributed by atoms with van der Waals surface area (Å²) in [5, 5.41) is 15.7. The first-order chi connectivity index (χ1) is 10.0. The molecule has 0 unspecified atom stereocenters. The zero-order valence-corrected chi connectivity index (χ0v) is 12.4. The van der Waals surface area contributed by atoms with Gasteiger partial charge in [-0.05, 0) is 48.7 Å². The molecule has 0 saturated carbocycles. The Hall–Kier alpha value is -2.20. The molecule has 0 fully saturated rings. The summed E-state index contributed by atoms with van der Waals surface area (Å²) in [6.07, 6.45) is 0.688. The minimum Gasteiger partial charge on any atom is -0.506 e. The maximum Gasteiger partial charge on any atom is 0.319 e. The molecule has 0 spiro atoms. The van der Waals surface area contributed by atoms with Gasteiger partial charge in [0.25, 0.3) is 0 Å². The van der Waals surface area contributed by atoms with Crippen LogP contribution >= 0.6 is 11.6 Å². The first-order valence-electron chi connectivity index (χ1n) is 6.63. The molecule has 0 heterocycles. The van der Waals surface area contributed by atoms with Crippen molar-refractivity contribution in [2.45, 2.75) is 13.3 Å². The van der Waals surface area contributed by atoms with E-state index >= 15 is 0 Å². The third-order valence-corrected chi connectivity index (χ3v) is 3.22. The predicted molar refractivity (Wildman–Crippen MR) is 85.0 cm³/mol. The molecule has 2 aromatic carbocycles. The number of carbonyl (C=O) groups excluding carboxylic acids is 1. The predicted octanol–water partition coefficient (Wildman–Crippen LogP) is 3.72. The van der Waals surface area contributed by atoms with Gasteiger partial charge < -0.3 is 15.7 Å². The molecule has 5 heteroatoms. The number of anilines is 1. The Labute approximate surface area is 128 Å². The second kappa shape index (κ2) is 6.99. The molecule has 4 nitrogen and oxygen atoms in total. The number of amides is 2. The van der Waals surface area contributed by atoms with Crippen LogP contribution in [0.3, 0.4) is 0 Å². The molecule has 2 rings (SSSR count). The molecule has 110 valence electrons. The van der Waals surface area contributed by atoms with Gasteiger partial charge in [0.15, 0.2) is 0 Å². The molecule has 0 aliphatic rings. The zero-order valence-electron chi connectivity index (χ0n) is 11.7. The fraction of sp³-hybridized carbons (Fsp3) is 0.188. The largest absolute Gasteiger partial charge is 0.506 e. The number of rotatable bonds is 4. The lowest BCUT2D eigenvalue weighted by molar-refractivity contribution is 0.252. The van der Waals surface area contributed by atoms with Crippen LogP contribution in [-0.2, 0) is 6.42 Å². The van der Waals surface area contributed by atoms with Crippen molar-refractivity contribution in [3.63, 3.8) is 0 Å². The molecule has 0 bridgehead atoms. The summed E-state index contributed by atoms with van der Waals surface area (Å²) in [5.74, 6) is 0.0468. The highest BCUT2D eigenvalue weighted by Gasteiger charge is 2.06. The van der Waals surface area contributed by atoms with E-state index in [1.165, 1.54) is 0 Å². The van der Waals surface area contributed by atoms with E-state index in [0.29, 0.717) is 23.7 Å². The molecule has 2 amide bonds. The van der Waals surface area contributed by atoms with Crippen molar-refractivity contribution in [3.05, 3.63) is 58.6 Å². The van der Waals surface area contributed by atoms with Crippen LogP contribution in [0.5, 0.6) is 5.75 Å². The minimum atomic E-state index is -0.349. The maximum absolute atomic E-state index is 11.8. The number of phenolic OH excluding ortho intramolecular Hbond substituents is 1. The van der Waals surface area contributed by atoms with Crippen molar-refractivity contribution in [1.82, 2.24) is 5.32 Å². The van der Waals surface area contributed by atoms with Crippen LogP contribution < -0.4 is 10.6 Å². The number of halogens is 1. The van der Waals surface area contributed by atoms with Crippen molar-refractivity contribution >= 4 is 23.3 Å². The molecule has 0 aromatic heterocycles. The molecule has 0 saturated heterocycles. The van der Waals surface area contributed by atoms with E-state index in [1.807, 2.05) is 31.2 Å². The Bertz CT molecular complexity index is 644. The molecule has 21 heavy (non-hydrogen) atoms. The van der Waals surface area contributed by atoms with Crippen LogP contribution in [0, 0.1) is 6.92 Å². The Morgan fingerprint density at radius 3 is 2.81 bits per heavy atom. The van der Waals surface area contributed by atoms with Gasteiger partial charge in [0.2, 0.25) is 0 Å². The van der Waals surface area contributed by atoms with Crippen molar-refractivity contribution < 1.29 is 9.90 Å². The van der Waals surface area contributed by atoms with Crippen LogP contribution in [0.15, 0.2) is 42.5 Å². The maximum atomic E-state index is 11.8. The average molecular weight is 305 g/mol. The summed E-state index contributed by atoms with van der Waals surface area (Å²) in [4.78, 5) is 11.8. The number of urea groups is 1. The van der Waals surface area contributed by atoms with Crippen LogP contribution in [0.2, 0.25) is 5.02 Å². The second-order valence-electron chi connectivity index (χ2n) is 4.78. The lowest BCUT2D eigenvalue weighted by Gasteiger charge is -2.10. The van der Waals surface area contributed by atoms with Gasteiger partial charge >= 0.3 is 6.03 Å². The Balaban J connectivity index is 1.84. The van der Waals surface area contributed by atoms with E-state index in [-0.39, 0.29) is 11.8 Å². The Morgan fingerprint density at radius 2 is 2.05 bits per heavy atom. The van der Waals surface area contributed by atoms with Crippen molar-refractivity contribution in [2.75, 3.05) is 11.9 Å². The summed E-state index contributed by atoms with van der Waals surface area (Å²) >= 11 is 5.90. The van der Waals surface area contributed by atoms with E-state index in [2.05, 4.69) is 10.6 Å². The van der Waals surface area contributed by atoms with Crippen molar-refractivity contribution in [1.29, 1.82) is 0 Å². The van der Waals surface area contributed by atoms with E-state index < -0.39 is 0 Å². The number of aromatic hydroxyl groups is 1. The van der Waals surface area contributed by atoms with Crippen LogP contribution in [-0.4, -0.2) is 17.7 Å². The van der Waals surface area contributed by atoms with Gasteiger partial charge in [-0.2, -0.15) is 0 Å². The number of carbonyl (C=O) groups is 1. The highest BCUT2D eigenvalue weighted by Crippen LogP contribution is 2.23. The Morgan fingerprint density at radius 1 is 1.24 bits per heavy atom. The van der Waals surface area contributed by atoms with Gasteiger partial charge in [0.1, 0.15) is 5.75 Å². The summed E-state index contributed by atoms with van der Waals surface area (Å²) in [6.45, 7) is 2.38.